The molecule has 0 spiro atoms. The maximum atomic E-state index is 12.2. The molecular formula is C17H28ClN3O. The van der Waals surface area contributed by atoms with Gasteiger partial charge in [0.2, 0.25) is 5.91 Å². The number of hydrogen-bond acceptors (Lipinski definition) is 3. The Labute approximate surface area is 139 Å². The van der Waals surface area contributed by atoms with Crippen molar-refractivity contribution in [2.75, 3.05) is 25.0 Å². The molecule has 4 nitrogen and oxygen atoms in total. The summed E-state index contributed by atoms with van der Waals surface area (Å²) in [5.41, 5.74) is 7.85. The summed E-state index contributed by atoms with van der Waals surface area (Å²) in [7, 11) is 0. The number of nitrogens with zero attached hydrogens (tertiary/aromatic N) is 1. The number of likely N-dealkylation sites (tertiary alicyclic amines) is 1. The number of benzene rings is 1. The Morgan fingerprint density at radius 3 is 2.77 bits per heavy atom. The van der Waals surface area contributed by atoms with Gasteiger partial charge in [-0.05, 0) is 49.4 Å². The van der Waals surface area contributed by atoms with Crippen LogP contribution in [0.1, 0.15) is 38.7 Å². The summed E-state index contributed by atoms with van der Waals surface area (Å²) in [5, 5.41) is 3.01. The van der Waals surface area contributed by atoms with Crippen molar-refractivity contribution in [1.82, 2.24) is 4.90 Å². The van der Waals surface area contributed by atoms with Crippen LogP contribution in [0, 0.1) is 5.92 Å². The number of nitrogens with one attached hydrogen (secondary N) is 1. The van der Waals surface area contributed by atoms with E-state index in [-0.39, 0.29) is 18.3 Å². The zero-order chi connectivity index (χ0) is 15.4. The maximum absolute atomic E-state index is 12.2. The van der Waals surface area contributed by atoms with E-state index in [0.29, 0.717) is 31.0 Å². The molecule has 2 atom stereocenters. The molecule has 5 heteroatoms. The Hall–Kier alpha value is -1.10. The van der Waals surface area contributed by atoms with Crippen LogP contribution in [0.3, 0.4) is 0 Å². The number of amides is 1. The number of rotatable bonds is 5. The van der Waals surface area contributed by atoms with E-state index in [2.05, 4.69) is 43.1 Å². The molecule has 1 aliphatic heterocycles. The number of carbonyl (C=O) groups is 1. The molecule has 124 valence electrons. The van der Waals surface area contributed by atoms with E-state index in [1.165, 1.54) is 5.56 Å². The van der Waals surface area contributed by atoms with Crippen LogP contribution in [-0.2, 0) is 4.79 Å². The van der Waals surface area contributed by atoms with Gasteiger partial charge in [-0.2, -0.15) is 0 Å². The van der Waals surface area contributed by atoms with Gasteiger partial charge >= 0.3 is 0 Å². The Kier molecular flexibility index (Phi) is 7.33. The first-order valence-corrected chi connectivity index (χ1v) is 7.83. The molecule has 1 amide bonds. The van der Waals surface area contributed by atoms with Gasteiger partial charge in [-0.3, -0.25) is 9.69 Å². The summed E-state index contributed by atoms with van der Waals surface area (Å²) in [6, 6.07) is 8.52. The second-order valence-electron chi connectivity index (χ2n) is 6.44. The first-order chi connectivity index (χ1) is 9.99. The van der Waals surface area contributed by atoms with Gasteiger partial charge in [-0.25, -0.2) is 0 Å². The normalized spacial score (nSPS) is 21.7. The van der Waals surface area contributed by atoms with Crippen molar-refractivity contribution in [3.8, 4) is 0 Å². The van der Waals surface area contributed by atoms with Crippen molar-refractivity contribution >= 4 is 24.0 Å². The summed E-state index contributed by atoms with van der Waals surface area (Å²) in [4.78, 5) is 14.4. The first-order valence-electron chi connectivity index (χ1n) is 7.83. The smallest absolute Gasteiger partial charge is 0.238 e. The van der Waals surface area contributed by atoms with Crippen molar-refractivity contribution < 1.29 is 4.79 Å². The number of nitrogens with two attached hydrogens (primary N) is 1. The van der Waals surface area contributed by atoms with Gasteiger partial charge in [-0.15, -0.1) is 12.4 Å². The third-order valence-electron chi connectivity index (χ3n) is 4.31. The molecule has 0 saturated carbocycles. The van der Waals surface area contributed by atoms with E-state index >= 15 is 0 Å². The second-order valence-corrected chi connectivity index (χ2v) is 6.44. The monoisotopic (exact) mass is 325 g/mol. The molecule has 0 aromatic heterocycles. The third-order valence-corrected chi connectivity index (χ3v) is 4.31. The third kappa shape index (κ3) is 4.97. The molecule has 1 aromatic carbocycles. The number of anilines is 1. The highest BCUT2D eigenvalue weighted by Crippen LogP contribution is 2.22. The van der Waals surface area contributed by atoms with Crippen LogP contribution in [-0.4, -0.2) is 36.5 Å². The molecule has 22 heavy (non-hydrogen) atoms. The number of hydrogen-bond donors (Lipinski definition) is 2. The van der Waals surface area contributed by atoms with Crippen LogP contribution in [0.25, 0.3) is 0 Å². The molecule has 2 unspecified atom stereocenters. The minimum absolute atomic E-state index is 0. The molecule has 1 heterocycles. The van der Waals surface area contributed by atoms with Crippen molar-refractivity contribution in [1.29, 1.82) is 0 Å². The fourth-order valence-electron chi connectivity index (χ4n) is 2.97. The van der Waals surface area contributed by atoms with E-state index in [0.717, 1.165) is 18.7 Å². The summed E-state index contributed by atoms with van der Waals surface area (Å²) in [5.74, 6) is 1.04. The van der Waals surface area contributed by atoms with Crippen molar-refractivity contribution in [2.45, 2.75) is 39.2 Å². The molecule has 0 bridgehead atoms. The topological polar surface area (TPSA) is 58.4 Å². The molecule has 1 aliphatic rings. The highest BCUT2D eigenvalue weighted by molar-refractivity contribution is 5.92. The predicted molar refractivity (Wildman–Crippen MR) is 94.6 cm³/mol. The fourth-order valence-corrected chi connectivity index (χ4v) is 2.97. The summed E-state index contributed by atoms with van der Waals surface area (Å²) in [6.07, 6.45) is 1.09. The largest absolute Gasteiger partial charge is 0.330 e. The Morgan fingerprint density at radius 1 is 1.45 bits per heavy atom. The zero-order valence-electron chi connectivity index (χ0n) is 13.7. The van der Waals surface area contributed by atoms with Crippen molar-refractivity contribution in [3.63, 3.8) is 0 Å². The fraction of sp³-hybridized carbons (Fsp3) is 0.588. The van der Waals surface area contributed by atoms with Gasteiger partial charge in [0.25, 0.3) is 0 Å². The Morgan fingerprint density at radius 2 is 2.18 bits per heavy atom. The SMILES string of the molecule is CC(C)c1cccc(NC(=O)CN2CC(CN)CC2C)c1.Cl. The van der Waals surface area contributed by atoms with Gasteiger partial charge in [-0.1, -0.05) is 26.0 Å². The van der Waals surface area contributed by atoms with Crippen molar-refractivity contribution in [3.05, 3.63) is 29.8 Å². The minimum atomic E-state index is 0. The molecule has 1 saturated heterocycles. The molecule has 1 fully saturated rings. The molecule has 0 radical (unpaired) electrons. The van der Waals surface area contributed by atoms with Gasteiger partial charge in [0.15, 0.2) is 0 Å². The average molecular weight is 326 g/mol. The lowest BCUT2D eigenvalue weighted by molar-refractivity contribution is -0.117. The van der Waals surface area contributed by atoms with Crippen LogP contribution in [0.4, 0.5) is 5.69 Å². The lowest BCUT2D eigenvalue weighted by atomic mass is 10.0. The highest BCUT2D eigenvalue weighted by Gasteiger charge is 2.29. The highest BCUT2D eigenvalue weighted by atomic mass is 35.5. The molecule has 0 aliphatic carbocycles. The summed E-state index contributed by atoms with van der Waals surface area (Å²) in [6.45, 7) is 8.56. The Balaban J connectivity index is 0.00000242. The van der Waals surface area contributed by atoms with Gasteiger partial charge in [0.1, 0.15) is 0 Å². The van der Waals surface area contributed by atoms with Crippen LogP contribution >= 0.6 is 12.4 Å². The average Bonchev–Trinajstić information content (AvgIpc) is 2.79. The maximum Gasteiger partial charge on any atom is 0.238 e. The molecule has 1 aromatic rings. The summed E-state index contributed by atoms with van der Waals surface area (Å²) >= 11 is 0. The van der Waals surface area contributed by atoms with E-state index in [1.807, 2.05) is 12.1 Å². The predicted octanol–water partition coefficient (Wildman–Crippen LogP) is 2.84. The molecular weight excluding hydrogens is 298 g/mol. The Bertz CT molecular complexity index is 493. The zero-order valence-corrected chi connectivity index (χ0v) is 14.5. The standard InChI is InChI=1S/C17H27N3O.ClH/c1-12(2)15-5-4-6-16(8-15)19-17(21)11-20-10-14(9-18)7-13(20)3;/h4-6,8,12-14H,7,9-11,18H2,1-3H3,(H,19,21);1H. The van der Waals surface area contributed by atoms with Crippen LogP contribution in [0.2, 0.25) is 0 Å². The van der Waals surface area contributed by atoms with E-state index < -0.39 is 0 Å². The minimum Gasteiger partial charge on any atom is -0.330 e. The van der Waals surface area contributed by atoms with E-state index in [9.17, 15) is 4.79 Å². The van der Waals surface area contributed by atoms with E-state index in [1.54, 1.807) is 0 Å². The first kappa shape index (κ1) is 18.9. The molecule has 2 rings (SSSR count). The van der Waals surface area contributed by atoms with Crippen LogP contribution in [0.15, 0.2) is 24.3 Å². The van der Waals surface area contributed by atoms with Crippen LogP contribution in [0.5, 0.6) is 0 Å². The second kappa shape index (κ2) is 8.51. The van der Waals surface area contributed by atoms with Crippen LogP contribution < -0.4 is 11.1 Å². The number of halogens is 1. The number of carbonyl (C=O) groups excluding carboxylic acids is 1. The quantitative estimate of drug-likeness (QED) is 0.875. The lowest BCUT2D eigenvalue weighted by Crippen LogP contribution is -2.36. The molecule has 3 N–H and O–H groups in total. The van der Waals surface area contributed by atoms with E-state index in [4.69, 9.17) is 5.73 Å². The van der Waals surface area contributed by atoms with Gasteiger partial charge in [0.05, 0.1) is 6.54 Å². The summed E-state index contributed by atoms with van der Waals surface area (Å²) < 4.78 is 0. The lowest BCUT2D eigenvalue weighted by Gasteiger charge is -2.20. The van der Waals surface area contributed by atoms with Gasteiger partial charge < -0.3 is 11.1 Å². The van der Waals surface area contributed by atoms with Gasteiger partial charge in [0, 0.05) is 18.3 Å². The van der Waals surface area contributed by atoms with Crippen molar-refractivity contribution in [2.24, 2.45) is 11.7 Å².